The molecule has 4 rings (SSSR count). The molecule has 1 amide bonds. The number of aromatic nitrogens is 1. The van der Waals surface area contributed by atoms with Crippen molar-refractivity contribution in [2.45, 2.75) is 4.90 Å². The summed E-state index contributed by atoms with van der Waals surface area (Å²) in [5.74, 6) is 0.0494. The van der Waals surface area contributed by atoms with E-state index in [1.165, 1.54) is 17.6 Å². The van der Waals surface area contributed by atoms with Gasteiger partial charge in [0, 0.05) is 36.0 Å². The third-order valence-electron chi connectivity index (χ3n) is 4.71. The number of hydrogen-bond acceptors (Lipinski definition) is 6. The monoisotopic (exact) mass is 527 g/mol. The molecule has 0 radical (unpaired) electrons. The summed E-state index contributed by atoms with van der Waals surface area (Å²) in [6.07, 6.45) is 1.20. The minimum absolute atomic E-state index is 0.0494. The number of carbonyl (C=O) groups is 1. The second-order valence-electron chi connectivity index (χ2n) is 6.63. The Morgan fingerprint density at radius 2 is 1.79 bits per heavy atom. The Balaban J connectivity index is 1.53. The molecule has 1 aromatic heterocycles. The molecule has 6 nitrogen and oxygen atoms in total. The van der Waals surface area contributed by atoms with Gasteiger partial charge in [-0.3, -0.25) is 4.79 Å². The number of halogens is 1. The van der Waals surface area contributed by atoms with E-state index in [1.807, 2.05) is 35.2 Å². The molecule has 0 unspecified atom stereocenters. The molecule has 1 fully saturated rings. The summed E-state index contributed by atoms with van der Waals surface area (Å²) in [6, 6.07) is 12.8. The van der Waals surface area contributed by atoms with Gasteiger partial charge in [-0.15, -0.1) is 0 Å². The van der Waals surface area contributed by atoms with Gasteiger partial charge in [0.2, 0.25) is 0 Å². The standard InChI is InChI=1S/C19H18IN3O3S2/c1-28(25,26)16-8-4-7-15-17(16)21-19(27-15)23-11-9-22(10-12-23)18(24)13-5-2-3-6-14(13)20/h2-8H,9-12H2,1H3. The van der Waals surface area contributed by atoms with E-state index >= 15 is 0 Å². The third-order valence-corrected chi connectivity index (χ3v) is 7.86. The highest BCUT2D eigenvalue weighted by Gasteiger charge is 2.25. The number of carbonyl (C=O) groups excluding carboxylic acids is 1. The maximum absolute atomic E-state index is 12.8. The van der Waals surface area contributed by atoms with Crippen LogP contribution in [0.3, 0.4) is 0 Å². The van der Waals surface area contributed by atoms with E-state index in [9.17, 15) is 13.2 Å². The lowest BCUT2D eigenvalue weighted by molar-refractivity contribution is 0.0745. The maximum atomic E-state index is 12.8. The molecular weight excluding hydrogens is 509 g/mol. The largest absolute Gasteiger partial charge is 0.345 e. The fourth-order valence-corrected chi connectivity index (χ4v) is 5.81. The van der Waals surface area contributed by atoms with E-state index < -0.39 is 9.84 Å². The van der Waals surface area contributed by atoms with Crippen molar-refractivity contribution in [2.24, 2.45) is 0 Å². The van der Waals surface area contributed by atoms with Gasteiger partial charge in [-0.2, -0.15) is 0 Å². The second-order valence-corrected chi connectivity index (χ2v) is 10.8. The molecule has 2 aromatic carbocycles. The number of thiazole rings is 1. The summed E-state index contributed by atoms with van der Waals surface area (Å²) in [5.41, 5.74) is 1.26. The van der Waals surface area contributed by atoms with Crippen LogP contribution in [0.4, 0.5) is 5.13 Å². The van der Waals surface area contributed by atoms with Crippen molar-refractivity contribution in [1.29, 1.82) is 0 Å². The Bertz CT molecular complexity index is 1150. The van der Waals surface area contributed by atoms with Gasteiger partial charge >= 0.3 is 0 Å². The van der Waals surface area contributed by atoms with Crippen LogP contribution in [-0.4, -0.2) is 56.6 Å². The van der Waals surface area contributed by atoms with Gasteiger partial charge in [0.15, 0.2) is 15.0 Å². The lowest BCUT2D eigenvalue weighted by Crippen LogP contribution is -2.48. The van der Waals surface area contributed by atoms with Crippen molar-refractivity contribution in [1.82, 2.24) is 9.88 Å². The van der Waals surface area contributed by atoms with E-state index in [2.05, 4.69) is 32.5 Å². The van der Waals surface area contributed by atoms with Gasteiger partial charge in [-0.1, -0.05) is 29.5 Å². The fraction of sp³-hybridized carbons (Fsp3) is 0.263. The molecule has 0 saturated carbocycles. The number of piperazine rings is 1. The van der Waals surface area contributed by atoms with Crippen molar-refractivity contribution in [3.05, 3.63) is 51.6 Å². The van der Waals surface area contributed by atoms with Crippen LogP contribution in [-0.2, 0) is 9.84 Å². The topological polar surface area (TPSA) is 70.6 Å². The highest BCUT2D eigenvalue weighted by molar-refractivity contribution is 14.1. The molecular formula is C19H18IN3O3S2. The van der Waals surface area contributed by atoms with Gasteiger partial charge in [-0.25, -0.2) is 13.4 Å². The smallest absolute Gasteiger partial charge is 0.255 e. The molecule has 0 N–H and O–H groups in total. The van der Waals surface area contributed by atoms with Crippen LogP contribution in [0.2, 0.25) is 0 Å². The highest BCUT2D eigenvalue weighted by atomic mass is 127. The Labute approximate surface area is 181 Å². The number of fused-ring (bicyclic) bond motifs is 1. The molecule has 0 spiro atoms. The third kappa shape index (κ3) is 3.74. The maximum Gasteiger partial charge on any atom is 0.255 e. The van der Waals surface area contributed by atoms with Crippen LogP contribution >= 0.6 is 33.9 Å². The van der Waals surface area contributed by atoms with E-state index in [0.29, 0.717) is 31.7 Å². The van der Waals surface area contributed by atoms with Crippen LogP contribution in [0.25, 0.3) is 10.2 Å². The first kappa shape index (κ1) is 19.6. The average molecular weight is 527 g/mol. The minimum atomic E-state index is -3.33. The number of hydrogen-bond donors (Lipinski definition) is 0. The number of benzene rings is 2. The molecule has 146 valence electrons. The second kappa shape index (κ2) is 7.60. The van der Waals surface area contributed by atoms with Crippen molar-refractivity contribution >= 4 is 65.0 Å². The number of anilines is 1. The number of para-hydroxylation sites is 1. The van der Waals surface area contributed by atoms with E-state index in [0.717, 1.165) is 19.0 Å². The summed E-state index contributed by atoms with van der Waals surface area (Å²) < 4.78 is 25.8. The zero-order valence-electron chi connectivity index (χ0n) is 15.1. The molecule has 28 heavy (non-hydrogen) atoms. The first-order valence-electron chi connectivity index (χ1n) is 8.73. The molecule has 9 heteroatoms. The Morgan fingerprint density at radius 1 is 1.07 bits per heavy atom. The van der Waals surface area contributed by atoms with Crippen molar-refractivity contribution in [2.75, 3.05) is 37.3 Å². The molecule has 1 saturated heterocycles. The zero-order chi connectivity index (χ0) is 19.9. The predicted molar refractivity (Wildman–Crippen MR) is 120 cm³/mol. The summed E-state index contributed by atoms with van der Waals surface area (Å²) in [6.45, 7) is 2.56. The van der Waals surface area contributed by atoms with Gasteiger partial charge in [0.05, 0.1) is 15.2 Å². The highest BCUT2D eigenvalue weighted by Crippen LogP contribution is 2.33. The minimum Gasteiger partial charge on any atom is -0.345 e. The molecule has 1 aliphatic rings. The van der Waals surface area contributed by atoms with Crippen LogP contribution in [0.15, 0.2) is 47.4 Å². The van der Waals surface area contributed by atoms with Crippen LogP contribution in [0.1, 0.15) is 10.4 Å². The summed E-state index contributed by atoms with van der Waals surface area (Å²) in [4.78, 5) is 21.6. The number of sulfone groups is 1. The fourth-order valence-electron chi connectivity index (χ4n) is 3.25. The summed E-state index contributed by atoms with van der Waals surface area (Å²) >= 11 is 3.68. The predicted octanol–water partition coefficient (Wildman–Crippen LogP) is 3.27. The molecule has 0 atom stereocenters. The summed E-state index contributed by atoms with van der Waals surface area (Å²) in [5, 5.41) is 0.799. The molecule has 2 heterocycles. The summed E-state index contributed by atoms with van der Waals surface area (Å²) in [7, 11) is -3.33. The first-order valence-corrected chi connectivity index (χ1v) is 12.5. The Hall–Kier alpha value is -1.72. The van der Waals surface area contributed by atoms with Crippen molar-refractivity contribution in [3.8, 4) is 0 Å². The normalized spacial score (nSPS) is 15.2. The number of amides is 1. The van der Waals surface area contributed by atoms with Gasteiger partial charge in [0.1, 0.15) is 5.52 Å². The average Bonchev–Trinajstić information content (AvgIpc) is 3.11. The number of nitrogens with zero attached hydrogens (tertiary/aromatic N) is 3. The van der Waals surface area contributed by atoms with Crippen molar-refractivity contribution in [3.63, 3.8) is 0 Å². The van der Waals surface area contributed by atoms with Crippen LogP contribution in [0, 0.1) is 3.57 Å². The van der Waals surface area contributed by atoms with Crippen molar-refractivity contribution < 1.29 is 13.2 Å². The zero-order valence-corrected chi connectivity index (χ0v) is 18.9. The van der Waals surface area contributed by atoms with Gasteiger partial charge < -0.3 is 9.80 Å². The van der Waals surface area contributed by atoms with E-state index in [1.54, 1.807) is 12.1 Å². The Kier molecular flexibility index (Phi) is 5.32. The molecule has 1 aliphatic heterocycles. The molecule has 0 aliphatic carbocycles. The van der Waals surface area contributed by atoms with E-state index in [4.69, 9.17) is 0 Å². The van der Waals surface area contributed by atoms with Gasteiger partial charge in [-0.05, 0) is 46.9 Å². The quantitative estimate of drug-likeness (QED) is 0.490. The molecule has 0 bridgehead atoms. The lowest BCUT2D eigenvalue weighted by atomic mass is 10.2. The Morgan fingerprint density at radius 3 is 2.46 bits per heavy atom. The van der Waals surface area contributed by atoms with Crippen LogP contribution < -0.4 is 4.90 Å². The van der Waals surface area contributed by atoms with Gasteiger partial charge in [0.25, 0.3) is 5.91 Å². The molecule has 3 aromatic rings. The lowest BCUT2D eigenvalue weighted by Gasteiger charge is -2.34. The van der Waals surface area contributed by atoms with Crippen LogP contribution in [0.5, 0.6) is 0 Å². The SMILES string of the molecule is CS(=O)(=O)c1cccc2sc(N3CCN(C(=O)c4ccccc4I)CC3)nc12. The number of rotatable bonds is 3. The first-order chi connectivity index (χ1) is 13.3. The van der Waals surface area contributed by atoms with E-state index in [-0.39, 0.29) is 10.8 Å².